The second kappa shape index (κ2) is 3.02. The van der Waals surface area contributed by atoms with Crippen LogP contribution in [0.2, 0.25) is 0 Å². The van der Waals surface area contributed by atoms with E-state index in [4.69, 9.17) is 27.1 Å². The van der Waals surface area contributed by atoms with Crippen LogP contribution >= 0.6 is 11.8 Å². The van der Waals surface area contributed by atoms with Crippen molar-refractivity contribution in [3.8, 4) is 0 Å². The summed E-state index contributed by atoms with van der Waals surface area (Å²) in [4.78, 5) is 0. The number of hydrogen-bond acceptors (Lipinski definition) is 4. The van der Waals surface area contributed by atoms with Gasteiger partial charge < -0.3 is 15.3 Å². The van der Waals surface area contributed by atoms with Gasteiger partial charge in [-0.25, -0.2) is 4.42 Å². The Labute approximate surface area is 63.8 Å². The molecule has 0 saturated carbocycles. The monoisotopic (exact) mass is 167 g/mol. The first-order valence-corrected chi connectivity index (χ1v) is 3.40. The normalized spacial score (nSPS) is 42.6. The molecule has 1 heterocycles. The van der Waals surface area contributed by atoms with E-state index in [0.717, 1.165) is 0 Å². The predicted octanol–water partition coefficient (Wildman–Crippen LogP) is -1.46. The van der Waals surface area contributed by atoms with Crippen molar-refractivity contribution in [3.63, 3.8) is 0 Å². The molecule has 0 bridgehead atoms. The summed E-state index contributed by atoms with van der Waals surface area (Å²) in [5.41, 5.74) is 0. The summed E-state index contributed by atoms with van der Waals surface area (Å²) >= 11 is 5.52. The standard InChI is InChI=1S/C5H10ClNO3/c6-7-1-4(9)5(10)3(7)2-8/h3-5,8-10H,1-2H2/t3-,4+,5+/m1/s1. The van der Waals surface area contributed by atoms with Crippen LogP contribution in [0, 0.1) is 0 Å². The molecule has 0 amide bonds. The molecule has 0 spiro atoms. The molecular weight excluding hydrogens is 158 g/mol. The van der Waals surface area contributed by atoms with Gasteiger partial charge in [0.05, 0.1) is 18.8 Å². The van der Waals surface area contributed by atoms with Crippen LogP contribution in [0.1, 0.15) is 0 Å². The average molecular weight is 168 g/mol. The zero-order valence-electron chi connectivity index (χ0n) is 5.31. The lowest BCUT2D eigenvalue weighted by Gasteiger charge is -2.15. The molecule has 3 atom stereocenters. The van der Waals surface area contributed by atoms with Crippen LogP contribution in [0.5, 0.6) is 0 Å². The zero-order valence-corrected chi connectivity index (χ0v) is 6.07. The van der Waals surface area contributed by atoms with Crippen LogP contribution in [0.4, 0.5) is 0 Å². The van der Waals surface area contributed by atoms with E-state index in [1.165, 1.54) is 4.42 Å². The van der Waals surface area contributed by atoms with Crippen molar-refractivity contribution in [3.05, 3.63) is 0 Å². The van der Waals surface area contributed by atoms with Crippen LogP contribution in [-0.4, -0.2) is 51.1 Å². The second-order valence-corrected chi connectivity index (χ2v) is 2.82. The van der Waals surface area contributed by atoms with Gasteiger partial charge in [-0.1, -0.05) is 0 Å². The summed E-state index contributed by atoms with van der Waals surface area (Å²) in [7, 11) is 0. The molecule has 60 valence electrons. The summed E-state index contributed by atoms with van der Waals surface area (Å²) in [6.07, 6.45) is -1.77. The maximum Gasteiger partial charge on any atom is 0.100 e. The third-order valence-corrected chi connectivity index (χ3v) is 2.09. The van der Waals surface area contributed by atoms with Crippen LogP contribution in [0.15, 0.2) is 0 Å². The molecule has 4 nitrogen and oxygen atoms in total. The third kappa shape index (κ3) is 1.26. The smallest absolute Gasteiger partial charge is 0.100 e. The maximum atomic E-state index is 9.09. The Hall–Kier alpha value is 0.130. The summed E-state index contributed by atoms with van der Waals surface area (Å²) in [5, 5.41) is 26.7. The number of hydrogen-bond donors (Lipinski definition) is 3. The Morgan fingerprint density at radius 1 is 1.50 bits per heavy atom. The van der Waals surface area contributed by atoms with E-state index in [9.17, 15) is 0 Å². The Balaban J connectivity index is 2.55. The van der Waals surface area contributed by atoms with E-state index >= 15 is 0 Å². The Morgan fingerprint density at radius 2 is 2.10 bits per heavy atom. The maximum absolute atomic E-state index is 9.09. The molecule has 5 heteroatoms. The fourth-order valence-electron chi connectivity index (χ4n) is 1.04. The minimum Gasteiger partial charge on any atom is -0.395 e. The highest BCUT2D eigenvalue weighted by molar-refractivity contribution is 6.13. The molecule has 1 rings (SSSR count). The topological polar surface area (TPSA) is 63.9 Å². The van der Waals surface area contributed by atoms with Crippen molar-refractivity contribution in [2.75, 3.05) is 13.2 Å². The SMILES string of the molecule is OC[C@@H]1[C@H](O)[C@@H](O)CN1Cl. The second-order valence-electron chi connectivity index (χ2n) is 2.39. The summed E-state index contributed by atoms with van der Waals surface area (Å²) in [6.45, 7) is -0.0321. The molecular formula is C5H10ClNO3. The highest BCUT2D eigenvalue weighted by atomic mass is 35.5. The van der Waals surface area contributed by atoms with Gasteiger partial charge in [0.25, 0.3) is 0 Å². The molecule has 1 saturated heterocycles. The van der Waals surface area contributed by atoms with E-state index < -0.39 is 18.2 Å². The van der Waals surface area contributed by atoms with Crippen molar-refractivity contribution >= 4 is 11.8 Å². The summed E-state index contributed by atoms with van der Waals surface area (Å²) < 4.78 is 1.22. The van der Waals surface area contributed by atoms with Gasteiger partial charge in [-0.15, -0.1) is 0 Å². The number of aliphatic hydroxyl groups excluding tert-OH is 3. The van der Waals surface area contributed by atoms with Crippen LogP contribution < -0.4 is 0 Å². The number of aliphatic hydroxyl groups is 3. The van der Waals surface area contributed by atoms with Gasteiger partial charge >= 0.3 is 0 Å². The quantitative estimate of drug-likeness (QED) is 0.418. The lowest BCUT2D eigenvalue weighted by molar-refractivity contribution is 0.0266. The minimum atomic E-state index is -0.928. The third-order valence-electron chi connectivity index (χ3n) is 1.70. The van der Waals surface area contributed by atoms with Crippen molar-refractivity contribution in [2.45, 2.75) is 18.2 Å². The van der Waals surface area contributed by atoms with Crippen LogP contribution in [0.3, 0.4) is 0 Å². The number of nitrogens with zero attached hydrogens (tertiary/aromatic N) is 1. The van der Waals surface area contributed by atoms with E-state index in [-0.39, 0.29) is 13.2 Å². The molecule has 0 aromatic carbocycles. The van der Waals surface area contributed by atoms with Gasteiger partial charge in [0, 0.05) is 6.54 Å². The first-order chi connectivity index (χ1) is 4.66. The largest absolute Gasteiger partial charge is 0.395 e. The van der Waals surface area contributed by atoms with Crippen molar-refractivity contribution in [1.29, 1.82) is 0 Å². The van der Waals surface area contributed by atoms with Gasteiger partial charge in [0.15, 0.2) is 0 Å². The first-order valence-electron chi connectivity index (χ1n) is 3.06. The van der Waals surface area contributed by atoms with Crippen LogP contribution in [-0.2, 0) is 0 Å². The Bertz CT molecular complexity index is 123. The summed E-state index contributed by atoms with van der Waals surface area (Å²) in [6, 6.07) is -0.531. The minimum absolute atomic E-state index is 0.202. The van der Waals surface area contributed by atoms with E-state index in [0.29, 0.717) is 0 Å². The highest BCUT2D eigenvalue weighted by Crippen LogP contribution is 2.19. The number of β-amino-alcohol motifs (C(OH)–C–C–N with tert-alkyl or cyclic N) is 1. The number of halogens is 1. The van der Waals surface area contributed by atoms with Crippen molar-refractivity contribution in [1.82, 2.24) is 4.42 Å². The Morgan fingerprint density at radius 3 is 2.30 bits per heavy atom. The van der Waals surface area contributed by atoms with Gasteiger partial charge in [-0.3, -0.25) is 0 Å². The molecule has 3 N–H and O–H groups in total. The molecule has 1 aliphatic heterocycles. The summed E-state index contributed by atoms with van der Waals surface area (Å²) in [5.74, 6) is 0. The van der Waals surface area contributed by atoms with E-state index in [2.05, 4.69) is 0 Å². The molecule has 0 aromatic heterocycles. The van der Waals surface area contributed by atoms with Crippen LogP contribution in [0.25, 0.3) is 0 Å². The van der Waals surface area contributed by atoms with Gasteiger partial charge in [0.1, 0.15) is 6.10 Å². The highest BCUT2D eigenvalue weighted by Gasteiger charge is 2.38. The average Bonchev–Trinajstić information content (AvgIpc) is 2.09. The lowest BCUT2D eigenvalue weighted by Crippen LogP contribution is -2.35. The molecule has 1 fully saturated rings. The van der Waals surface area contributed by atoms with Gasteiger partial charge in [-0.2, -0.15) is 0 Å². The molecule has 0 aliphatic carbocycles. The molecule has 1 aliphatic rings. The predicted molar refractivity (Wildman–Crippen MR) is 35.4 cm³/mol. The molecule has 0 aromatic rings. The van der Waals surface area contributed by atoms with Gasteiger partial charge in [-0.05, 0) is 11.8 Å². The lowest BCUT2D eigenvalue weighted by atomic mass is 10.1. The zero-order chi connectivity index (χ0) is 7.72. The fraction of sp³-hybridized carbons (Fsp3) is 1.00. The van der Waals surface area contributed by atoms with Crippen molar-refractivity contribution < 1.29 is 15.3 Å². The Kier molecular flexibility index (Phi) is 2.49. The molecule has 10 heavy (non-hydrogen) atoms. The first kappa shape index (κ1) is 8.23. The van der Waals surface area contributed by atoms with E-state index in [1.807, 2.05) is 0 Å². The number of rotatable bonds is 1. The van der Waals surface area contributed by atoms with E-state index in [1.54, 1.807) is 0 Å². The fourth-order valence-corrected chi connectivity index (χ4v) is 1.36. The van der Waals surface area contributed by atoms with Crippen molar-refractivity contribution in [2.24, 2.45) is 0 Å². The van der Waals surface area contributed by atoms with Gasteiger partial charge in [0.2, 0.25) is 0 Å². The molecule has 0 radical (unpaired) electrons. The molecule has 0 unspecified atom stereocenters.